The van der Waals surface area contributed by atoms with Crippen molar-refractivity contribution in [1.82, 2.24) is 19.6 Å². The molecule has 0 radical (unpaired) electrons. The van der Waals surface area contributed by atoms with Gasteiger partial charge in [-0.25, -0.2) is 4.68 Å². The zero-order valence-electron chi connectivity index (χ0n) is 14.9. The van der Waals surface area contributed by atoms with Crippen molar-refractivity contribution in [3.05, 3.63) is 59.5 Å². The third kappa shape index (κ3) is 7.04. The standard InChI is InChI=1S/C17H16ClF3N6OS/c18-13-3-1-12(2-4-13)8-26-6-5-15(25-26)24-16(29)23-14-7-22-27(9-14)11-28-10-17(19,20)21/h1-7,9H,8,10-11H2,(H2,23,24,25,29). The molecule has 0 aliphatic rings. The van der Waals surface area contributed by atoms with E-state index in [0.29, 0.717) is 23.1 Å². The number of thiocarbonyl (C=S) groups is 1. The van der Waals surface area contributed by atoms with Crippen LogP contribution in [0.4, 0.5) is 24.7 Å². The second-order valence-electron chi connectivity index (χ2n) is 5.97. The molecule has 0 fully saturated rings. The lowest BCUT2D eigenvalue weighted by atomic mass is 10.2. The molecule has 154 valence electrons. The molecule has 1 aromatic carbocycles. The van der Waals surface area contributed by atoms with Crippen LogP contribution in [0.25, 0.3) is 0 Å². The summed E-state index contributed by atoms with van der Waals surface area (Å²) in [5, 5.41) is 15.0. The van der Waals surface area contributed by atoms with Crippen LogP contribution in [0.2, 0.25) is 5.02 Å². The smallest absolute Gasteiger partial charge is 0.350 e. The second-order valence-corrected chi connectivity index (χ2v) is 6.81. The fraction of sp³-hybridized carbons (Fsp3) is 0.235. The fourth-order valence-corrected chi connectivity index (χ4v) is 2.67. The Morgan fingerprint density at radius 2 is 1.90 bits per heavy atom. The summed E-state index contributed by atoms with van der Waals surface area (Å²) >= 11 is 11.1. The van der Waals surface area contributed by atoms with Gasteiger partial charge < -0.3 is 15.4 Å². The molecule has 0 saturated carbocycles. The number of rotatable bonds is 7. The van der Waals surface area contributed by atoms with Crippen LogP contribution in [0, 0.1) is 0 Å². The van der Waals surface area contributed by atoms with Crippen molar-refractivity contribution >= 4 is 40.4 Å². The van der Waals surface area contributed by atoms with Gasteiger partial charge in [-0.15, -0.1) is 0 Å². The van der Waals surface area contributed by atoms with Gasteiger partial charge in [-0.1, -0.05) is 23.7 Å². The molecule has 7 nitrogen and oxygen atoms in total. The molecule has 2 heterocycles. The van der Waals surface area contributed by atoms with Crippen molar-refractivity contribution in [2.45, 2.75) is 19.5 Å². The van der Waals surface area contributed by atoms with E-state index >= 15 is 0 Å². The molecule has 12 heteroatoms. The highest BCUT2D eigenvalue weighted by atomic mass is 35.5. The number of anilines is 2. The van der Waals surface area contributed by atoms with Crippen LogP contribution in [0.3, 0.4) is 0 Å². The monoisotopic (exact) mass is 444 g/mol. The Morgan fingerprint density at radius 1 is 1.14 bits per heavy atom. The van der Waals surface area contributed by atoms with E-state index in [-0.39, 0.29) is 11.8 Å². The largest absolute Gasteiger partial charge is 0.411 e. The van der Waals surface area contributed by atoms with E-state index in [0.717, 1.165) is 5.56 Å². The third-order valence-electron chi connectivity index (χ3n) is 3.52. The van der Waals surface area contributed by atoms with Gasteiger partial charge in [-0.3, -0.25) is 4.68 Å². The van der Waals surface area contributed by atoms with Crippen LogP contribution < -0.4 is 10.6 Å². The SMILES string of the molecule is FC(F)(F)COCn1cc(NC(=S)Nc2ccn(Cc3ccc(Cl)cc3)n2)cn1. The molecule has 2 aromatic heterocycles. The Kier molecular flexibility index (Phi) is 6.72. The van der Waals surface area contributed by atoms with Gasteiger partial charge in [0.05, 0.1) is 24.6 Å². The normalized spacial score (nSPS) is 11.4. The van der Waals surface area contributed by atoms with Crippen LogP contribution in [0.5, 0.6) is 0 Å². The number of nitrogens with zero attached hydrogens (tertiary/aromatic N) is 4. The minimum Gasteiger partial charge on any atom is -0.350 e. The average Bonchev–Trinajstić information content (AvgIpc) is 3.25. The summed E-state index contributed by atoms with van der Waals surface area (Å²) in [6, 6.07) is 9.22. The Balaban J connectivity index is 1.47. The van der Waals surface area contributed by atoms with E-state index in [4.69, 9.17) is 23.8 Å². The van der Waals surface area contributed by atoms with Crippen LogP contribution in [-0.4, -0.2) is 37.5 Å². The lowest BCUT2D eigenvalue weighted by Gasteiger charge is -2.07. The van der Waals surface area contributed by atoms with Gasteiger partial charge in [0.25, 0.3) is 0 Å². The molecular formula is C17H16ClF3N6OS. The number of halogens is 4. The zero-order chi connectivity index (χ0) is 20.9. The van der Waals surface area contributed by atoms with Crippen molar-refractivity contribution in [3.8, 4) is 0 Å². The van der Waals surface area contributed by atoms with E-state index in [1.165, 1.54) is 17.1 Å². The number of aromatic nitrogens is 4. The Labute approximate surface area is 174 Å². The van der Waals surface area contributed by atoms with Crippen LogP contribution in [-0.2, 0) is 18.0 Å². The summed E-state index contributed by atoms with van der Waals surface area (Å²) in [7, 11) is 0. The summed E-state index contributed by atoms with van der Waals surface area (Å²) in [5.41, 5.74) is 1.55. The molecule has 0 unspecified atom stereocenters. The maximum Gasteiger partial charge on any atom is 0.411 e. The van der Waals surface area contributed by atoms with Gasteiger partial charge in [-0.2, -0.15) is 23.4 Å². The molecule has 0 atom stereocenters. The molecule has 0 saturated heterocycles. The van der Waals surface area contributed by atoms with Gasteiger partial charge in [-0.05, 0) is 29.9 Å². The first-order chi connectivity index (χ1) is 13.8. The molecule has 0 bridgehead atoms. The molecule has 0 aliphatic carbocycles. The lowest BCUT2D eigenvalue weighted by molar-refractivity contribution is -0.182. The first-order valence-electron chi connectivity index (χ1n) is 8.30. The van der Waals surface area contributed by atoms with E-state index in [2.05, 4.69) is 25.6 Å². The Hall–Kier alpha value is -2.63. The molecule has 0 aliphatic heterocycles. The summed E-state index contributed by atoms with van der Waals surface area (Å²) in [5.74, 6) is 0.539. The minimum atomic E-state index is -4.38. The highest BCUT2D eigenvalue weighted by Crippen LogP contribution is 2.15. The summed E-state index contributed by atoms with van der Waals surface area (Å²) in [4.78, 5) is 0. The van der Waals surface area contributed by atoms with Gasteiger partial charge in [0.1, 0.15) is 13.3 Å². The fourth-order valence-electron chi connectivity index (χ4n) is 2.33. The van der Waals surface area contributed by atoms with Gasteiger partial charge >= 0.3 is 6.18 Å². The predicted molar refractivity (Wildman–Crippen MR) is 107 cm³/mol. The summed E-state index contributed by atoms with van der Waals surface area (Å²) < 4.78 is 43.7. The van der Waals surface area contributed by atoms with Gasteiger partial charge in [0.15, 0.2) is 10.9 Å². The zero-order valence-corrected chi connectivity index (χ0v) is 16.4. The van der Waals surface area contributed by atoms with Crippen molar-refractivity contribution in [1.29, 1.82) is 0 Å². The first-order valence-corrected chi connectivity index (χ1v) is 9.08. The van der Waals surface area contributed by atoms with Crippen molar-refractivity contribution in [2.24, 2.45) is 0 Å². The molecule has 0 amide bonds. The maximum atomic E-state index is 12.1. The number of ether oxygens (including phenoxy) is 1. The number of hydrogen-bond acceptors (Lipinski definition) is 4. The number of alkyl halides is 3. The van der Waals surface area contributed by atoms with E-state index in [1.54, 1.807) is 16.9 Å². The van der Waals surface area contributed by atoms with E-state index in [9.17, 15) is 13.2 Å². The second kappa shape index (κ2) is 9.25. The van der Waals surface area contributed by atoms with Crippen LogP contribution in [0.1, 0.15) is 5.56 Å². The third-order valence-corrected chi connectivity index (χ3v) is 3.98. The molecular weight excluding hydrogens is 429 g/mol. The first kappa shape index (κ1) is 21.1. The number of hydrogen-bond donors (Lipinski definition) is 2. The number of benzene rings is 1. The topological polar surface area (TPSA) is 68.9 Å². The molecule has 3 rings (SSSR count). The maximum absolute atomic E-state index is 12.1. The predicted octanol–water partition coefficient (Wildman–Crippen LogP) is 4.13. The highest BCUT2D eigenvalue weighted by Gasteiger charge is 2.27. The summed E-state index contributed by atoms with van der Waals surface area (Å²) in [6.07, 6.45) is 0.319. The van der Waals surface area contributed by atoms with Crippen molar-refractivity contribution in [3.63, 3.8) is 0 Å². The minimum absolute atomic E-state index is 0.262. The van der Waals surface area contributed by atoms with Gasteiger partial charge in [0.2, 0.25) is 0 Å². The van der Waals surface area contributed by atoms with Gasteiger partial charge in [0, 0.05) is 17.3 Å². The highest BCUT2D eigenvalue weighted by molar-refractivity contribution is 7.80. The molecule has 29 heavy (non-hydrogen) atoms. The van der Waals surface area contributed by atoms with Crippen LogP contribution in [0.15, 0.2) is 48.9 Å². The quantitative estimate of drug-likeness (QED) is 0.534. The number of nitrogens with one attached hydrogen (secondary N) is 2. The van der Waals surface area contributed by atoms with Crippen LogP contribution >= 0.6 is 23.8 Å². The Bertz CT molecular complexity index is 957. The lowest BCUT2D eigenvalue weighted by Crippen LogP contribution is -2.19. The van der Waals surface area contributed by atoms with E-state index < -0.39 is 12.8 Å². The average molecular weight is 445 g/mol. The summed E-state index contributed by atoms with van der Waals surface area (Å²) in [6.45, 7) is -1.09. The van der Waals surface area contributed by atoms with Crippen molar-refractivity contribution < 1.29 is 17.9 Å². The molecule has 3 aromatic rings. The van der Waals surface area contributed by atoms with Crippen molar-refractivity contribution in [2.75, 3.05) is 17.2 Å². The molecule has 2 N–H and O–H groups in total. The van der Waals surface area contributed by atoms with E-state index in [1.807, 2.05) is 24.3 Å². The molecule has 0 spiro atoms. The Morgan fingerprint density at radius 3 is 2.62 bits per heavy atom.